The highest BCUT2D eigenvalue weighted by Crippen LogP contribution is 2.15. The molecule has 2 rings (SSSR count). The van der Waals surface area contributed by atoms with Crippen molar-refractivity contribution in [2.45, 2.75) is 19.9 Å². The van der Waals surface area contributed by atoms with Crippen LogP contribution < -0.4 is 15.6 Å². The van der Waals surface area contributed by atoms with Gasteiger partial charge in [0.15, 0.2) is 5.75 Å². The third kappa shape index (κ3) is 4.42. The minimum absolute atomic E-state index is 0.0648. The second kappa shape index (κ2) is 7.91. The maximum absolute atomic E-state index is 12.2. The van der Waals surface area contributed by atoms with Gasteiger partial charge in [-0.25, -0.2) is 0 Å². The van der Waals surface area contributed by atoms with Gasteiger partial charge in [-0.3, -0.25) is 19.7 Å². The van der Waals surface area contributed by atoms with E-state index in [1.54, 1.807) is 12.1 Å². The van der Waals surface area contributed by atoms with Crippen molar-refractivity contribution in [3.05, 3.63) is 63.1 Å². The van der Waals surface area contributed by atoms with Gasteiger partial charge in [-0.15, -0.1) is 0 Å². The molecular formula is C16H17N3O5. The molecule has 0 bridgehead atoms. The van der Waals surface area contributed by atoms with E-state index in [1.165, 1.54) is 35.0 Å². The largest absolute Gasteiger partial charge is 0.488 e. The molecule has 126 valence electrons. The zero-order valence-corrected chi connectivity index (χ0v) is 13.1. The van der Waals surface area contributed by atoms with Crippen LogP contribution in [0.4, 0.5) is 11.4 Å². The standard InChI is InChI=1S/C16H17N3O5/c1-2-10-24-14-4-3-9-18(16(14)21)11-15(20)17-12-5-7-13(8-6-12)19(22)23/h3-9H,2,10-11H2,1H3,(H,17,20). The summed E-state index contributed by atoms with van der Waals surface area (Å²) in [6.45, 7) is 2.17. The molecule has 0 unspecified atom stereocenters. The fourth-order valence-electron chi connectivity index (χ4n) is 1.98. The van der Waals surface area contributed by atoms with Crippen LogP contribution in [0, 0.1) is 10.1 Å². The summed E-state index contributed by atoms with van der Waals surface area (Å²) in [5.41, 5.74) is -0.0353. The van der Waals surface area contributed by atoms with Gasteiger partial charge in [0.25, 0.3) is 11.2 Å². The van der Waals surface area contributed by atoms with Gasteiger partial charge >= 0.3 is 0 Å². The third-order valence-corrected chi connectivity index (χ3v) is 3.12. The predicted octanol–water partition coefficient (Wildman–Crippen LogP) is 2.18. The van der Waals surface area contributed by atoms with E-state index in [-0.39, 0.29) is 23.5 Å². The summed E-state index contributed by atoms with van der Waals surface area (Å²) in [4.78, 5) is 34.3. The SMILES string of the molecule is CCCOc1cccn(CC(=O)Nc2ccc([N+](=O)[O-])cc2)c1=O. The van der Waals surface area contributed by atoms with E-state index in [9.17, 15) is 19.7 Å². The Labute approximate surface area is 137 Å². The lowest BCUT2D eigenvalue weighted by Gasteiger charge is -2.09. The van der Waals surface area contributed by atoms with E-state index >= 15 is 0 Å². The minimum atomic E-state index is -0.521. The van der Waals surface area contributed by atoms with E-state index < -0.39 is 10.8 Å². The Balaban J connectivity index is 2.04. The first kappa shape index (κ1) is 17.2. The van der Waals surface area contributed by atoms with Crippen LogP contribution in [0.5, 0.6) is 5.75 Å². The lowest BCUT2D eigenvalue weighted by atomic mass is 10.3. The van der Waals surface area contributed by atoms with Crippen LogP contribution in [0.15, 0.2) is 47.4 Å². The first-order chi connectivity index (χ1) is 11.5. The highest BCUT2D eigenvalue weighted by molar-refractivity contribution is 5.90. The number of nitro benzene ring substituents is 1. The lowest BCUT2D eigenvalue weighted by molar-refractivity contribution is -0.384. The maximum Gasteiger partial charge on any atom is 0.293 e. The molecule has 0 atom stereocenters. The Bertz CT molecular complexity index is 783. The Hall–Kier alpha value is -3.16. The van der Waals surface area contributed by atoms with Crippen LogP contribution in [-0.4, -0.2) is 22.0 Å². The molecule has 0 aliphatic rings. The van der Waals surface area contributed by atoms with Crippen LogP contribution in [-0.2, 0) is 11.3 Å². The smallest absolute Gasteiger partial charge is 0.293 e. The normalized spacial score (nSPS) is 10.2. The Kier molecular flexibility index (Phi) is 5.67. The Morgan fingerprint density at radius 3 is 2.62 bits per heavy atom. The van der Waals surface area contributed by atoms with E-state index in [4.69, 9.17) is 4.74 Å². The number of carbonyl (C=O) groups excluding carboxylic acids is 1. The number of pyridine rings is 1. The number of rotatable bonds is 7. The first-order valence-corrected chi connectivity index (χ1v) is 7.38. The number of nitrogens with one attached hydrogen (secondary N) is 1. The number of nitrogens with zero attached hydrogens (tertiary/aromatic N) is 2. The number of aromatic nitrogens is 1. The summed E-state index contributed by atoms with van der Waals surface area (Å²) in [5.74, 6) is -0.221. The molecule has 8 heteroatoms. The van der Waals surface area contributed by atoms with E-state index in [0.29, 0.717) is 12.3 Å². The molecule has 1 aromatic heterocycles. The zero-order chi connectivity index (χ0) is 17.5. The van der Waals surface area contributed by atoms with Gasteiger partial charge < -0.3 is 14.6 Å². The van der Waals surface area contributed by atoms with Crippen molar-refractivity contribution in [1.29, 1.82) is 0 Å². The predicted molar refractivity (Wildman–Crippen MR) is 88.2 cm³/mol. The van der Waals surface area contributed by atoms with Gasteiger partial charge in [-0.1, -0.05) is 6.92 Å². The third-order valence-electron chi connectivity index (χ3n) is 3.12. The average Bonchev–Trinajstić information content (AvgIpc) is 2.56. The number of ether oxygens (including phenoxy) is 1. The molecular weight excluding hydrogens is 314 g/mol. The number of carbonyl (C=O) groups is 1. The second-order valence-corrected chi connectivity index (χ2v) is 5.01. The highest BCUT2D eigenvalue weighted by Gasteiger charge is 2.10. The van der Waals surface area contributed by atoms with Crippen molar-refractivity contribution in [3.63, 3.8) is 0 Å². The summed E-state index contributed by atoms with van der Waals surface area (Å²) in [7, 11) is 0. The van der Waals surface area contributed by atoms with Gasteiger partial charge in [-0.05, 0) is 30.7 Å². The first-order valence-electron chi connectivity index (χ1n) is 7.38. The van der Waals surface area contributed by atoms with Gasteiger partial charge in [0.05, 0.1) is 11.5 Å². The molecule has 0 aliphatic carbocycles. The van der Waals surface area contributed by atoms with Crippen LogP contribution >= 0.6 is 0 Å². The minimum Gasteiger partial charge on any atom is -0.488 e. The molecule has 1 heterocycles. The number of benzene rings is 1. The quantitative estimate of drug-likeness (QED) is 0.618. The molecule has 0 aliphatic heterocycles. The molecule has 0 radical (unpaired) electrons. The fraction of sp³-hybridized carbons (Fsp3) is 0.250. The van der Waals surface area contributed by atoms with Crippen molar-refractivity contribution >= 4 is 17.3 Å². The molecule has 0 saturated carbocycles. The van der Waals surface area contributed by atoms with Gasteiger partial charge in [0.1, 0.15) is 6.54 Å². The molecule has 24 heavy (non-hydrogen) atoms. The molecule has 0 fully saturated rings. The molecule has 2 aromatic rings. The van der Waals surface area contributed by atoms with Gasteiger partial charge in [0, 0.05) is 24.0 Å². The number of hydrogen-bond donors (Lipinski definition) is 1. The molecule has 1 N–H and O–H groups in total. The molecule has 1 amide bonds. The van der Waals surface area contributed by atoms with Crippen molar-refractivity contribution < 1.29 is 14.5 Å². The number of non-ortho nitro benzene ring substituents is 1. The monoisotopic (exact) mass is 331 g/mol. The number of anilines is 1. The van der Waals surface area contributed by atoms with Crippen LogP contribution in [0.2, 0.25) is 0 Å². The molecule has 8 nitrogen and oxygen atoms in total. The van der Waals surface area contributed by atoms with Crippen molar-refractivity contribution in [3.8, 4) is 5.75 Å². The number of nitro groups is 1. The summed E-state index contributed by atoms with van der Waals surface area (Å²) in [6.07, 6.45) is 2.27. The summed E-state index contributed by atoms with van der Waals surface area (Å²) in [5, 5.41) is 13.2. The average molecular weight is 331 g/mol. The fourth-order valence-corrected chi connectivity index (χ4v) is 1.98. The number of amides is 1. The lowest BCUT2D eigenvalue weighted by Crippen LogP contribution is -2.28. The van der Waals surface area contributed by atoms with Crippen molar-refractivity contribution in [1.82, 2.24) is 4.57 Å². The molecule has 0 spiro atoms. The second-order valence-electron chi connectivity index (χ2n) is 5.01. The van der Waals surface area contributed by atoms with Gasteiger partial charge in [0.2, 0.25) is 5.91 Å². The maximum atomic E-state index is 12.2. The van der Waals surface area contributed by atoms with Gasteiger partial charge in [-0.2, -0.15) is 0 Å². The highest BCUT2D eigenvalue weighted by atomic mass is 16.6. The topological polar surface area (TPSA) is 103 Å². The van der Waals surface area contributed by atoms with Crippen LogP contribution in [0.25, 0.3) is 0 Å². The number of hydrogen-bond acceptors (Lipinski definition) is 5. The summed E-state index contributed by atoms with van der Waals surface area (Å²) >= 11 is 0. The molecule has 0 saturated heterocycles. The van der Waals surface area contributed by atoms with E-state index in [0.717, 1.165) is 6.42 Å². The Morgan fingerprint density at radius 1 is 1.29 bits per heavy atom. The molecule has 1 aromatic carbocycles. The van der Waals surface area contributed by atoms with E-state index in [1.807, 2.05) is 6.92 Å². The summed E-state index contributed by atoms with van der Waals surface area (Å²) < 4.78 is 6.57. The van der Waals surface area contributed by atoms with Crippen molar-refractivity contribution in [2.75, 3.05) is 11.9 Å². The van der Waals surface area contributed by atoms with Crippen molar-refractivity contribution in [2.24, 2.45) is 0 Å². The summed E-state index contributed by atoms with van der Waals surface area (Å²) in [6, 6.07) is 8.63. The van der Waals surface area contributed by atoms with E-state index in [2.05, 4.69) is 5.32 Å². The Morgan fingerprint density at radius 2 is 2.00 bits per heavy atom. The zero-order valence-electron chi connectivity index (χ0n) is 13.1. The van der Waals surface area contributed by atoms with Crippen LogP contribution in [0.3, 0.4) is 0 Å². The van der Waals surface area contributed by atoms with Crippen LogP contribution in [0.1, 0.15) is 13.3 Å².